The lowest BCUT2D eigenvalue weighted by atomic mass is 9.88. The lowest BCUT2D eigenvalue weighted by Crippen LogP contribution is -2.57. The van der Waals surface area contributed by atoms with E-state index in [1.165, 1.54) is 24.9 Å². The highest BCUT2D eigenvalue weighted by Gasteiger charge is 2.43. The van der Waals surface area contributed by atoms with Gasteiger partial charge in [-0.1, -0.05) is 0 Å². The average molecular weight is 462 g/mol. The van der Waals surface area contributed by atoms with E-state index in [2.05, 4.69) is 34.8 Å². The van der Waals surface area contributed by atoms with Crippen LogP contribution in [0.15, 0.2) is 77.5 Å². The Bertz CT molecular complexity index is 1260. The summed E-state index contributed by atoms with van der Waals surface area (Å²) < 4.78 is 18.7. The summed E-state index contributed by atoms with van der Waals surface area (Å²) in [7, 11) is 1.66. The molecule has 0 amide bonds. The molecule has 4 heterocycles. The summed E-state index contributed by atoms with van der Waals surface area (Å²) in [6.07, 6.45) is 14.2. The van der Waals surface area contributed by atoms with Crippen LogP contribution in [-0.2, 0) is 20.8 Å². The first kappa shape index (κ1) is 21.9. The predicted molar refractivity (Wildman–Crippen MR) is 126 cm³/mol. The Morgan fingerprint density at radius 3 is 2.85 bits per heavy atom. The summed E-state index contributed by atoms with van der Waals surface area (Å²) >= 11 is 0. The van der Waals surface area contributed by atoms with Crippen molar-refractivity contribution in [3.05, 3.63) is 83.0 Å². The standard InChI is InChI=1S/C25H27N5O4/c1-25(2)8-10-29-22(31)14-20(19-7-9-26-16-27-19)28-24(29)30(25)23(21-15-33-11-12-34-21)17-5-4-6-18(13-17)32-3/h6-7,9,11-16,23H,4-5,8,10H2,1-3H3. The van der Waals surface area contributed by atoms with Crippen LogP contribution in [0.25, 0.3) is 11.4 Å². The van der Waals surface area contributed by atoms with E-state index in [9.17, 15) is 4.79 Å². The largest absolute Gasteiger partial charge is 0.497 e. The van der Waals surface area contributed by atoms with Gasteiger partial charge in [-0.3, -0.25) is 9.36 Å². The molecule has 0 radical (unpaired) electrons. The fourth-order valence-corrected chi connectivity index (χ4v) is 4.63. The molecule has 5 rings (SSSR count). The number of allylic oxidation sites excluding steroid dienone is 2. The number of methoxy groups -OCH3 is 1. The molecule has 0 spiro atoms. The normalized spacial score (nSPS) is 19.6. The number of aromatic nitrogens is 4. The minimum Gasteiger partial charge on any atom is -0.497 e. The van der Waals surface area contributed by atoms with Crippen LogP contribution in [0.4, 0.5) is 5.95 Å². The van der Waals surface area contributed by atoms with Gasteiger partial charge in [-0.15, -0.1) is 0 Å². The lowest BCUT2D eigenvalue weighted by Gasteiger charge is -2.49. The first-order valence-electron chi connectivity index (χ1n) is 11.3. The van der Waals surface area contributed by atoms with Crippen molar-refractivity contribution in [2.45, 2.75) is 51.2 Å². The Kier molecular flexibility index (Phi) is 5.69. The van der Waals surface area contributed by atoms with E-state index in [-0.39, 0.29) is 17.1 Å². The maximum atomic E-state index is 13.2. The molecule has 0 aromatic carbocycles. The van der Waals surface area contributed by atoms with E-state index in [4.69, 9.17) is 19.2 Å². The van der Waals surface area contributed by atoms with Crippen molar-refractivity contribution >= 4 is 5.95 Å². The van der Waals surface area contributed by atoms with Gasteiger partial charge in [-0.2, -0.15) is 0 Å². The Balaban J connectivity index is 1.71. The van der Waals surface area contributed by atoms with Crippen molar-refractivity contribution < 1.29 is 14.2 Å². The van der Waals surface area contributed by atoms with E-state index in [1.807, 2.05) is 6.08 Å². The molecule has 176 valence electrons. The van der Waals surface area contributed by atoms with Gasteiger partial charge in [0, 0.05) is 24.3 Å². The van der Waals surface area contributed by atoms with Crippen molar-refractivity contribution in [1.82, 2.24) is 19.5 Å². The van der Waals surface area contributed by atoms with Crippen LogP contribution in [0.1, 0.15) is 33.1 Å². The molecule has 9 nitrogen and oxygen atoms in total. The second-order valence-corrected chi connectivity index (χ2v) is 8.98. The molecule has 0 fully saturated rings. The third-order valence-electron chi connectivity index (χ3n) is 6.39. The number of fused-ring (bicyclic) bond motifs is 1. The molecular weight excluding hydrogens is 434 g/mol. The van der Waals surface area contributed by atoms with Crippen LogP contribution in [-0.4, -0.2) is 38.2 Å². The molecule has 1 aliphatic carbocycles. The monoisotopic (exact) mass is 461 g/mol. The summed E-state index contributed by atoms with van der Waals surface area (Å²) in [6.45, 7) is 4.88. The van der Waals surface area contributed by atoms with Gasteiger partial charge in [-0.05, 0) is 56.9 Å². The summed E-state index contributed by atoms with van der Waals surface area (Å²) in [6, 6.07) is 2.93. The van der Waals surface area contributed by atoms with Gasteiger partial charge in [0.15, 0.2) is 5.76 Å². The molecule has 0 bridgehead atoms. The quantitative estimate of drug-likeness (QED) is 0.666. The summed E-state index contributed by atoms with van der Waals surface area (Å²) in [5.41, 5.74) is 1.73. The number of hydrogen-bond donors (Lipinski definition) is 0. The summed E-state index contributed by atoms with van der Waals surface area (Å²) in [5, 5.41) is 0. The molecule has 0 N–H and O–H groups in total. The summed E-state index contributed by atoms with van der Waals surface area (Å²) in [5.74, 6) is 1.99. The SMILES string of the molecule is COC1=CCCC(C(C2=COC=CO2)N2c3nc(-c4ccncn4)cc(=O)n3CCC2(C)C)=C1. The number of rotatable bonds is 5. The molecule has 0 saturated carbocycles. The highest BCUT2D eigenvalue weighted by Crippen LogP contribution is 2.40. The Labute approximate surface area is 197 Å². The molecular formula is C25H27N5O4. The molecule has 34 heavy (non-hydrogen) atoms. The first-order valence-corrected chi connectivity index (χ1v) is 11.3. The molecule has 9 heteroatoms. The van der Waals surface area contributed by atoms with Gasteiger partial charge < -0.3 is 19.1 Å². The van der Waals surface area contributed by atoms with E-state index in [1.54, 1.807) is 30.2 Å². The number of ether oxygens (including phenoxy) is 3. The lowest BCUT2D eigenvalue weighted by molar-refractivity contribution is 0.223. The molecule has 2 aromatic rings. The van der Waals surface area contributed by atoms with Crippen molar-refractivity contribution in [2.24, 2.45) is 0 Å². The van der Waals surface area contributed by atoms with Crippen LogP contribution in [0.2, 0.25) is 0 Å². The number of nitrogens with zero attached hydrogens (tertiary/aromatic N) is 5. The molecule has 1 unspecified atom stereocenters. The zero-order chi connectivity index (χ0) is 23.7. The Hall–Kier alpha value is -3.88. The number of hydrogen-bond acceptors (Lipinski definition) is 8. The molecule has 2 aliphatic heterocycles. The zero-order valence-corrected chi connectivity index (χ0v) is 19.5. The van der Waals surface area contributed by atoms with Crippen molar-refractivity contribution in [3.63, 3.8) is 0 Å². The van der Waals surface area contributed by atoms with E-state index < -0.39 is 0 Å². The van der Waals surface area contributed by atoms with Gasteiger partial charge in [0.25, 0.3) is 5.56 Å². The maximum absolute atomic E-state index is 13.2. The van der Waals surface area contributed by atoms with Crippen molar-refractivity contribution in [1.29, 1.82) is 0 Å². The number of anilines is 1. The molecule has 1 atom stereocenters. The van der Waals surface area contributed by atoms with Crippen LogP contribution >= 0.6 is 0 Å². The second kappa shape index (κ2) is 8.81. The van der Waals surface area contributed by atoms with Crippen molar-refractivity contribution in [2.75, 3.05) is 12.0 Å². The van der Waals surface area contributed by atoms with E-state index in [0.717, 1.165) is 30.6 Å². The third kappa shape index (κ3) is 3.98. The topological polar surface area (TPSA) is 91.6 Å². The van der Waals surface area contributed by atoms with Gasteiger partial charge >= 0.3 is 0 Å². The Morgan fingerprint density at radius 2 is 2.12 bits per heavy atom. The fourth-order valence-electron chi connectivity index (χ4n) is 4.63. The maximum Gasteiger partial charge on any atom is 0.255 e. The smallest absolute Gasteiger partial charge is 0.255 e. The van der Waals surface area contributed by atoms with Crippen molar-refractivity contribution in [3.8, 4) is 11.4 Å². The van der Waals surface area contributed by atoms with Crippen LogP contribution in [0.3, 0.4) is 0 Å². The summed E-state index contributed by atoms with van der Waals surface area (Å²) in [4.78, 5) is 28.6. The molecule has 2 aromatic heterocycles. The first-order chi connectivity index (χ1) is 16.5. The van der Waals surface area contributed by atoms with E-state index >= 15 is 0 Å². The second-order valence-electron chi connectivity index (χ2n) is 8.98. The zero-order valence-electron chi connectivity index (χ0n) is 19.5. The predicted octanol–water partition coefficient (Wildman–Crippen LogP) is 3.67. The average Bonchev–Trinajstić information content (AvgIpc) is 2.86. The Morgan fingerprint density at radius 1 is 1.24 bits per heavy atom. The highest BCUT2D eigenvalue weighted by atomic mass is 16.5. The van der Waals surface area contributed by atoms with Crippen LogP contribution in [0, 0.1) is 0 Å². The fraction of sp³-hybridized carbons (Fsp3) is 0.360. The minimum atomic E-state index is -0.349. The van der Waals surface area contributed by atoms with Gasteiger partial charge in [0.1, 0.15) is 36.9 Å². The van der Waals surface area contributed by atoms with Gasteiger partial charge in [0.05, 0.1) is 18.5 Å². The van der Waals surface area contributed by atoms with Crippen LogP contribution < -0.4 is 10.5 Å². The van der Waals surface area contributed by atoms with Gasteiger partial charge in [0.2, 0.25) is 5.95 Å². The van der Waals surface area contributed by atoms with Crippen LogP contribution in [0.5, 0.6) is 0 Å². The molecule has 3 aliphatic rings. The minimum absolute atomic E-state index is 0.123. The molecule has 0 saturated heterocycles. The highest BCUT2D eigenvalue weighted by molar-refractivity contribution is 5.58. The van der Waals surface area contributed by atoms with E-state index in [0.29, 0.717) is 29.6 Å². The van der Waals surface area contributed by atoms with Gasteiger partial charge in [-0.25, -0.2) is 15.0 Å². The third-order valence-corrected chi connectivity index (χ3v) is 6.39.